The van der Waals surface area contributed by atoms with Crippen LogP contribution in [0.25, 0.3) is 0 Å². The lowest BCUT2D eigenvalue weighted by atomic mass is 10.0. The summed E-state index contributed by atoms with van der Waals surface area (Å²) in [7, 11) is 0. The summed E-state index contributed by atoms with van der Waals surface area (Å²) in [5.41, 5.74) is 0. The summed E-state index contributed by atoms with van der Waals surface area (Å²) in [6, 6.07) is 1.97. The number of carbonyl (C=O) groups excluding carboxylic acids is 1. The van der Waals surface area contributed by atoms with E-state index in [0.717, 1.165) is 51.0 Å². The normalized spacial score (nSPS) is 22.8. The summed E-state index contributed by atoms with van der Waals surface area (Å²) < 4.78 is 0. The van der Waals surface area contributed by atoms with Crippen LogP contribution < -0.4 is 9.80 Å². The molecule has 1 aromatic heterocycles. The molecule has 2 aliphatic heterocycles. The number of carbonyl (C=O) groups is 1. The Morgan fingerprint density at radius 1 is 1.18 bits per heavy atom. The largest absolute Gasteiger partial charge is 0.353 e. The number of amides is 1. The van der Waals surface area contributed by atoms with Crippen molar-refractivity contribution in [3.05, 3.63) is 12.3 Å². The van der Waals surface area contributed by atoms with E-state index < -0.39 is 0 Å². The van der Waals surface area contributed by atoms with Crippen molar-refractivity contribution in [3.8, 4) is 0 Å². The van der Waals surface area contributed by atoms with Crippen LogP contribution in [0.2, 0.25) is 0 Å². The lowest BCUT2D eigenvalue weighted by Crippen LogP contribution is -2.48. The Labute approximate surface area is 132 Å². The number of hydrogen-bond acceptors (Lipinski definition) is 5. The summed E-state index contributed by atoms with van der Waals surface area (Å²) in [6.45, 7) is 9.24. The molecule has 1 unspecified atom stereocenters. The second-order valence-corrected chi connectivity index (χ2v) is 6.40. The molecule has 2 fully saturated rings. The summed E-state index contributed by atoms with van der Waals surface area (Å²) in [4.78, 5) is 27.1. The smallest absolute Gasteiger partial charge is 0.227 e. The quantitative estimate of drug-likeness (QED) is 0.826. The van der Waals surface area contributed by atoms with E-state index in [4.69, 9.17) is 4.98 Å². The monoisotopic (exact) mass is 303 g/mol. The second kappa shape index (κ2) is 6.50. The summed E-state index contributed by atoms with van der Waals surface area (Å²) in [5, 5.41) is 0. The number of aromatic nitrogens is 2. The van der Waals surface area contributed by atoms with Crippen LogP contribution in [-0.4, -0.2) is 60.0 Å². The number of rotatable bonds is 2. The molecule has 3 rings (SSSR count). The van der Waals surface area contributed by atoms with Gasteiger partial charge in [0.2, 0.25) is 11.9 Å². The van der Waals surface area contributed by atoms with Gasteiger partial charge in [0.15, 0.2) is 0 Å². The van der Waals surface area contributed by atoms with E-state index in [1.165, 1.54) is 12.8 Å². The molecular weight excluding hydrogens is 278 g/mol. The number of piperazine rings is 1. The molecule has 0 aliphatic carbocycles. The molecule has 1 amide bonds. The molecule has 2 aliphatic rings. The molecule has 0 spiro atoms. The van der Waals surface area contributed by atoms with E-state index in [9.17, 15) is 4.79 Å². The van der Waals surface area contributed by atoms with Crippen LogP contribution in [0.4, 0.5) is 11.8 Å². The maximum Gasteiger partial charge on any atom is 0.227 e. The predicted octanol–water partition coefficient (Wildman–Crippen LogP) is 1.38. The van der Waals surface area contributed by atoms with Gasteiger partial charge in [-0.05, 0) is 24.8 Å². The minimum absolute atomic E-state index is 0.158. The highest BCUT2D eigenvalue weighted by atomic mass is 16.2. The zero-order chi connectivity index (χ0) is 15.5. The summed E-state index contributed by atoms with van der Waals surface area (Å²) >= 11 is 0. The van der Waals surface area contributed by atoms with Crippen LogP contribution in [0.15, 0.2) is 12.3 Å². The zero-order valence-corrected chi connectivity index (χ0v) is 13.5. The van der Waals surface area contributed by atoms with Crippen LogP contribution in [0.5, 0.6) is 0 Å². The standard InChI is InChI=1S/C16H25N5O/c1-13-4-3-7-21(12-13)16-17-6-5-15(18-16)20-10-8-19(9-11-20)14(2)22/h5-6,13H,3-4,7-12H2,1-2H3. The van der Waals surface area contributed by atoms with Gasteiger partial charge in [-0.2, -0.15) is 4.98 Å². The van der Waals surface area contributed by atoms with Crippen molar-refractivity contribution >= 4 is 17.7 Å². The van der Waals surface area contributed by atoms with Gasteiger partial charge >= 0.3 is 0 Å². The van der Waals surface area contributed by atoms with Gasteiger partial charge in [-0.3, -0.25) is 4.79 Å². The molecule has 0 bridgehead atoms. The fourth-order valence-corrected chi connectivity index (χ4v) is 3.29. The Morgan fingerprint density at radius 2 is 1.95 bits per heavy atom. The van der Waals surface area contributed by atoms with E-state index >= 15 is 0 Å². The summed E-state index contributed by atoms with van der Waals surface area (Å²) in [6.07, 6.45) is 4.36. The fourth-order valence-electron chi connectivity index (χ4n) is 3.29. The first-order chi connectivity index (χ1) is 10.6. The topological polar surface area (TPSA) is 52.6 Å². The molecule has 0 N–H and O–H groups in total. The maximum absolute atomic E-state index is 11.4. The number of piperidine rings is 1. The lowest BCUT2D eigenvalue weighted by molar-refractivity contribution is -0.129. The van der Waals surface area contributed by atoms with Crippen molar-refractivity contribution in [3.63, 3.8) is 0 Å². The van der Waals surface area contributed by atoms with Gasteiger partial charge in [0, 0.05) is 52.4 Å². The molecule has 1 atom stereocenters. The molecule has 2 saturated heterocycles. The average molecular weight is 303 g/mol. The van der Waals surface area contributed by atoms with Crippen LogP contribution in [0.1, 0.15) is 26.7 Å². The summed E-state index contributed by atoms with van der Waals surface area (Å²) in [5.74, 6) is 2.69. The minimum Gasteiger partial charge on any atom is -0.353 e. The first kappa shape index (κ1) is 15.1. The molecular formula is C16H25N5O. The third kappa shape index (κ3) is 3.31. The molecule has 1 aromatic rings. The van der Waals surface area contributed by atoms with Gasteiger partial charge in [-0.1, -0.05) is 6.92 Å². The van der Waals surface area contributed by atoms with Crippen molar-refractivity contribution in [2.75, 3.05) is 49.1 Å². The van der Waals surface area contributed by atoms with Crippen LogP contribution in [0, 0.1) is 5.92 Å². The van der Waals surface area contributed by atoms with Crippen LogP contribution >= 0.6 is 0 Å². The van der Waals surface area contributed by atoms with Gasteiger partial charge < -0.3 is 14.7 Å². The van der Waals surface area contributed by atoms with Gasteiger partial charge in [0.1, 0.15) is 5.82 Å². The second-order valence-electron chi connectivity index (χ2n) is 6.40. The molecule has 0 aromatic carbocycles. The third-order valence-electron chi connectivity index (χ3n) is 4.62. The molecule has 6 heteroatoms. The van der Waals surface area contributed by atoms with E-state index in [1.807, 2.05) is 17.2 Å². The van der Waals surface area contributed by atoms with Gasteiger partial charge in [0.05, 0.1) is 0 Å². The van der Waals surface area contributed by atoms with Crippen molar-refractivity contribution in [2.24, 2.45) is 5.92 Å². The minimum atomic E-state index is 0.158. The SMILES string of the molecule is CC(=O)N1CCN(c2ccnc(N3CCCC(C)C3)n2)CC1. The molecule has 22 heavy (non-hydrogen) atoms. The van der Waals surface area contributed by atoms with Crippen LogP contribution in [0.3, 0.4) is 0 Å². The lowest BCUT2D eigenvalue weighted by Gasteiger charge is -2.35. The van der Waals surface area contributed by atoms with E-state index in [2.05, 4.69) is 21.7 Å². The van der Waals surface area contributed by atoms with Crippen molar-refractivity contribution in [1.29, 1.82) is 0 Å². The van der Waals surface area contributed by atoms with E-state index in [1.54, 1.807) is 6.92 Å². The molecule has 3 heterocycles. The first-order valence-corrected chi connectivity index (χ1v) is 8.22. The molecule has 120 valence electrons. The first-order valence-electron chi connectivity index (χ1n) is 8.22. The molecule has 0 saturated carbocycles. The van der Waals surface area contributed by atoms with E-state index in [0.29, 0.717) is 5.92 Å². The maximum atomic E-state index is 11.4. The average Bonchev–Trinajstić information content (AvgIpc) is 2.55. The van der Waals surface area contributed by atoms with Gasteiger partial charge in [-0.25, -0.2) is 4.98 Å². The Hall–Kier alpha value is -1.85. The van der Waals surface area contributed by atoms with Gasteiger partial charge in [-0.15, -0.1) is 0 Å². The number of nitrogens with zero attached hydrogens (tertiary/aromatic N) is 5. The van der Waals surface area contributed by atoms with Gasteiger partial charge in [0.25, 0.3) is 0 Å². The fraction of sp³-hybridized carbons (Fsp3) is 0.688. The highest BCUT2D eigenvalue weighted by Gasteiger charge is 2.22. The number of hydrogen-bond donors (Lipinski definition) is 0. The molecule has 6 nitrogen and oxygen atoms in total. The zero-order valence-electron chi connectivity index (χ0n) is 13.5. The van der Waals surface area contributed by atoms with Crippen molar-refractivity contribution in [1.82, 2.24) is 14.9 Å². The highest BCUT2D eigenvalue weighted by Crippen LogP contribution is 2.22. The Kier molecular flexibility index (Phi) is 4.45. The Balaban J connectivity index is 1.68. The van der Waals surface area contributed by atoms with Crippen molar-refractivity contribution < 1.29 is 4.79 Å². The third-order valence-corrected chi connectivity index (χ3v) is 4.62. The molecule has 0 radical (unpaired) electrons. The highest BCUT2D eigenvalue weighted by molar-refractivity contribution is 5.73. The van der Waals surface area contributed by atoms with Crippen molar-refractivity contribution in [2.45, 2.75) is 26.7 Å². The number of anilines is 2. The predicted molar refractivity (Wildman–Crippen MR) is 87.1 cm³/mol. The van der Waals surface area contributed by atoms with E-state index in [-0.39, 0.29) is 5.91 Å². The Bertz CT molecular complexity index is 527. The Morgan fingerprint density at radius 3 is 2.64 bits per heavy atom. The van der Waals surface area contributed by atoms with Crippen LogP contribution in [-0.2, 0) is 4.79 Å².